The number of methoxy groups -OCH3 is 3. The second-order valence-electron chi connectivity index (χ2n) is 9.90. The molecule has 2 aliphatic rings. The fourth-order valence-electron chi connectivity index (χ4n) is 5.02. The highest BCUT2D eigenvalue weighted by atomic mass is 16.5. The predicted molar refractivity (Wildman–Crippen MR) is 151 cm³/mol. The van der Waals surface area contributed by atoms with E-state index in [1.165, 1.54) is 5.57 Å². The lowest BCUT2D eigenvalue weighted by Crippen LogP contribution is -2.49. The minimum atomic E-state index is -2.74. The normalized spacial score (nSPS) is 17.3. The predicted octanol–water partition coefficient (Wildman–Crippen LogP) is 0.0814. The zero-order chi connectivity index (χ0) is 31.9. The maximum Gasteiger partial charge on any atom is 0.336 e. The average Bonchev–Trinajstić information content (AvgIpc) is 2.95. The molecule has 234 valence electrons. The number of benzene rings is 1. The van der Waals surface area contributed by atoms with Crippen LogP contribution in [0.15, 0.2) is 24.3 Å². The molecular formula is C29H36N2O12. The summed E-state index contributed by atoms with van der Waals surface area (Å²) in [5.41, 5.74) is 0.216. The van der Waals surface area contributed by atoms with Crippen LogP contribution in [0.4, 0.5) is 0 Å². The summed E-state index contributed by atoms with van der Waals surface area (Å²) in [5, 5.41) is 49.8. The molecule has 0 spiro atoms. The van der Waals surface area contributed by atoms with Gasteiger partial charge in [-0.05, 0) is 55.2 Å². The molecule has 1 aromatic heterocycles. The van der Waals surface area contributed by atoms with Gasteiger partial charge in [0.1, 0.15) is 0 Å². The number of hydrogen-bond donors (Lipinski definition) is 6. The van der Waals surface area contributed by atoms with Gasteiger partial charge in [0.2, 0.25) is 11.8 Å². The molecule has 2 heterocycles. The molecule has 43 heavy (non-hydrogen) atoms. The third kappa shape index (κ3) is 7.64. The van der Waals surface area contributed by atoms with Gasteiger partial charge in [0, 0.05) is 17.3 Å². The van der Waals surface area contributed by atoms with Crippen molar-refractivity contribution in [2.75, 3.05) is 27.9 Å². The molecule has 1 saturated carbocycles. The van der Waals surface area contributed by atoms with Crippen molar-refractivity contribution in [3.8, 4) is 23.3 Å². The van der Waals surface area contributed by atoms with Gasteiger partial charge < -0.3 is 49.8 Å². The number of fused-ring (bicyclic) bond motifs is 2. The Morgan fingerprint density at radius 3 is 2.14 bits per heavy atom. The monoisotopic (exact) mass is 604 g/mol. The Morgan fingerprint density at radius 1 is 0.953 bits per heavy atom. The first-order chi connectivity index (χ1) is 20.4. The lowest BCUT2D eigenvalue weighted by Gasteiger charge is -2.34. The number of aromatic nitrogens is 1. The summed E-state index contributed by atoms with van der Waals surface area (Å²) in [6.45, 7) is 2.49. The molecule has 14 nitrogen and oxygen atoms in total. The smallest absolute Gasteiger partial charge is 0.336 e. The number of aliphatic carboxylic acids is 3. The zero-order valence-corrected chi connectivity index (χ0v) is 24.2. The molecule has 1 aromatic carbocycles. The molecule has 1 aliphatic heterocycles. The first kappa shape index (κ1) is 32.9. The van der Waals surface area contributed by atoms with Crippen LogP contribution in [0.25, 0.3) is 11.3 Å². The van der Waals surface area contributed by atoms with Crippen molar-refractivity contribution in [3.05, 3.63) is 40.3 Å². The molecular weight excluding hydrogens is 568 g/mol. The summed E-state index contributed by atoms with van der Waals surface area (Å²) >= 11 is 0. The van der Waals surface area contributed by atoms with E-state index in [0.717, 1.165) is 34.5 Å². The van der Waals surface area contributed by atoms with Gasteiger partial charge in [-0.1, -0.05) is 0 Å². The molecule has 6 N–H and O–H groups in total. The van der Waals surface area contributed by atoms with E-state index in [9.17, 15) is 19.5 Å². The van der Waals surface area contributed by atoms with Crippen molar-refractivity contribution in [2.24, 2.45) is 0 Å². The Kier molecular flexibility index (Phi) is 10.8. The van der Waals surface area contributed by atoms with E-state index < -0.39 is 36.4 Å². The van der Waals surface area contributed by atoms with Gasteiger partial charge in [-0.25, -0.2) is 4.79 Å². The number of hydrogen-bond acceptors (Lipinski definition) is 11. The van der Waals surface area contributed by atoms with Gasteiger partial charge in [0.05, 0.1) is 58.1 Å². The van der Waals surface area contributed by atoms with Gasteiger partial charge in [0.15, 0.2) is 17.1 Å². The molecule has 0 saturated heterocycles. The zero-order valence-electron chi connectivity index (χ0n) is 24.2. The minimum Gasteiger partial charge on any atom is -0.493 e. The van der Waals surface area contributed by atoms with E-state index in [1.807, 2.05) is 31.2 Å². The number of nitrogens with zero attached hydrogens (tertiary/aromatic N) is 1. The van der Waals surface area contributed by atoms with Gasteiger partial charge in [-0.2, -0.15) is 4.98 Å². The number of ether oxygens (including phenoxy) is 4. The van der Waals surface area contributed by atoms with Crippen LogP contribution in [0.1, 0.15) is 44.6 Å². The average molecular weight is 605 g/mol. The number of carboxylic acids is 3. The molecule has 14 heteroatoms. The Bertz CT molecular complexity index is 1470. The molecule has 2 aromatic rings. The number of carbonyl (C=O) groups is 3. The van der Waals surface area contributed by atoms with Crippen LogP contribution in [0, 0.1) is 0 Å². The lowest BCUT2D eigenvalue weighted by molar-refractivity contribution is -0.170. The van der Waals surface area contributed by atoms with Crippen molar-refractivity contribution in [1.29, 1.82) is 0 Å². The fourth-order valence-corrected chi connectivity index (χ4v) is 5.02. The molecule has 0 radical (unpaired) electrons. The molecule has 0 unspecified atom stereocenters. The number of aliphatic hydroxyl groups excluding tert-OH is 1. The number of nitrogens with one attached hydrogen (secondary N) is 1. The van der Waals surface area contributed by atoms with Crippen LogP contribution in [-0.4, -0.2) is 94.1 Å². The number of pyridine rings is 1. The van der Waals surface area contributed by atoms with Gasteiger partial charge >= 0.3 is 17.9 Å². The van der Waals surface area contributed by atoms with Crippen molar-refractivity contribution in [2.45, 2.75) is 56.8 Å². The molecule has 1 fully saturated rings. The Hall–Kier alpha value is -4.56. The van der Waals surface area contributed by atoms with Gasteiger partial charge in [-0.15, -0.1) is 0 Å². The molecule has 1 aliphatic carbocycles. The third-order valence-corrected chi connectivity index (χ3v) is 6.99. The lowest BCUT2D eigenvalue weighted by atomic mass is 9.83. The Balaban J connectivity index is 0.000000331. The summed E-state index contributed by atoms with van der Waals surface area (Å²) in [7, 11) is 4.82. The van der Waals surface area contributed by atoms with Gasteiger partial charge in [0.25, 0.3) is 0 Å². The van der Waals surface area contributed by atoms with Crippen molar-refractivity contribution in [1.82, 2.24) is 10.3 Å². The standard InChI is InChI=1S/C23H28N2O5.C6H8O7/c1-5-30-20-11-15-16-10-13(26)6-8-18(16)24-22(17(15)12-19(20)27-2)14-7-9-21(28-3)25-23(14)29-4;7-3(8)1-6(13,5(11)12)2-4(9)10/h7,9,11-13,18,24,26H,5-6,8,10H2,1-4H3;13H,1-2H2,(H,7,8)(H,9,10)(H,11,12)/t13-,18-;/m1./s1. The first-order valence-electron chi connectivity index (χ1n) is 13.4. The van der Waals surface area contributed by atoms with Crippen LogP contribution in [0.2, 0.25) is 0 Å². The highest BCUT2D eigenvalue weighted by Gasteiger charge is 2.40. The molecule has 2 atom stereocenters. The number of aliphatic hydroxyl groups is 2. The summed E-state index contributed by atoms with van der Waals surface area (Å²) in [6.07, 6.45) is -0.378. The van der Waals surface area contributed by atoms with E-state index in [-0.39, 0.29) is 12.1 Å². The van der Waals surface area contributed by atoms with Crippen LogP contribution in [0.3, 0.4) is 0 Å². The maximum absolute atomic E-state index is 10.3. The second kappa shape index (κ2) is 14.1. The highest BCUT2D eigenvalue weighted by Crippen LogP contribution is 2.32. The van der Waals surface area contributed by atoms with Crippen LogP contribution in [0.5, 0.6) is 23.3 Å². The van der Waals surface area contributed by atoms with Crippen molar-refractivity contribution >= 4 is 29.2 Å². The van der Waals surface area contributed by atoms with Crippen LogP contribution >= 0.6 is 0 Å². The molecule has 4 rings (SSSR count). The third-order valence-electron chi connectivity index (χ3n) is 6.99. The van der Waals surface area contributed by atoms with E-state index in [0.29, 0.717) is 36.3 Å². The largest absolute Gasteiger partial charge is 0.493 e. The molecule has 0 bridgehead atoms. The van der Waals surface area contributed by atoms with E-state index >= 15 is 0 Å². The van der Waals surface area contributed by atoms with Crippen LogP contribution in [-0.2, 0) is 14.4 Å². The number of carboxylic acid groups (broad SMARTS) is 3. The Labute approximate surface area is 246 Å². The summed E-state index contributed by atoms with van der Waals surface area (Å²) < 4.78 is 22.3. The molecule has 0 amide bonds. The van der Waals surface area contributed by atoms with Crippen molar-refractivity contribution < 1.29 is 58.9 Å². The summed E-state index contributed by atoms with van der Waals surface area (Å²) in [4.78, 5) is 34.9. The quantitative estimate of drug-likeness (QED) is 0.200. The number of rotatable bonds is 11. The van der Waals surface area contributed by atoms with Gasteiger partial charge in [-0.3, -0.25) is 9.59 Å². The second-order valence-corrected chi connectivity index (χ2v) is 9.90. The SMILES string of the molecule is CCOc1cc2c(cc1OC)=C(c1ccc(OC)nc1OC)N[C@@H]1CC[C@@H](O)CC=21.O=C(O)CC(O)(CC(=O)O)C(=O)O. The van der Waals surface area contributed by atoms with E-state index in [2.05, 4.69) is 10.3 Å². The minimum absolute atomic E-state index is 0.130. The Morgan fingerprint density at radius 2 is 1.60 bits per heavy atom. The first-order valence-corrected chi connectivity index (χ1v) is 13.4. The summed E-state index contributed by atoms with van der Waals surface area (Å²) in [6, 6.07) is 7.91. The van der Waals surface area contributed by atoms with Crippen LogP contribution < -0.4 is 34.7 Å². The van der Waals surface area contributed by atoms with Crippen molar-refractivity contribution in [3.63, 3.8) is 0 Å². The highest BCUT2D eigenvalue weighted by molar-refractivity contribution is 5.88. The maximum atomic E-state index is 10.3. The van der Waals surface area contributed by atoms with E-state index in [1.54, 1.807) is 21.3 Å². The fraction of sp³-hybridized carbons (Fsp3) is 0.448. The summed E-state index contributed by atoms with van der Waals surface area (Å²) in [5.74, 6) is -2.69. The van der Waals surface area contributed by atoms with E-state index in [4.69, 9.17) is 39.4 Å². The topological polar surface area (TPSA) is 214 Å².